The maximum atomic E-state index is 6.22. The van der Waals surface area contributed by atoms with E-state index in [-0.39, 0.29) is 0 Å². The van der Waals surface area contributed by atoms with Gasteiger partial charge in [-0.15, -0.1) is 0 Å². The highest BCUT2D eigenvalue weighted by Crippen LogP contribution is 2.35. The minimum absolute atomic E-state index is 0.757. The zero-order valence-corrected chi connectivity index (χ0v) is 24.6. The molecule has 7 rings (SSSR count). The number of aryl methyl sites for hydroxylation is 1. The molecule has 1 aliphatic rings. The minimum Gasteiger partial charge on any atom is -0.497 e. The average Bonchev–Trinajstić information content (AvgIpc) is 3.07. The van der Waals surface area contributed by atoms with Crippen LogP contribution in [0.3, 0.4) is 0 Å². The molecule has 44 heavy (non-hydrogen) atoms. The van der Waals surface area contributed by atoms with Gasteiger partial charge in [0.1, 0.15) is 17.2 Å². The highest BCUT2D eigenvalue weighted by Gasteiger charge is 2.20. The second-order valence-corrected chi connectivity index (χ2v) is 10.7. The summed E-state index contributed by atoms with van der Waals surface area (Å²) in [6.07, 6.45) is 0. The molecule has 0 radical (unpaired) electrons. The van der Waals surface area contributed by atoms with Gasteiger partial charge in [0, 0.05) is 22.3 Å². The van der Waals surface area contributed by atoms with Crippen molar-refractivity contribution in [1.82, 2.24) is 0 Å². The molecular formula is C40H30N2O2. The van der Waals surface area contributed by atoms with Gasteiger partial charge in [-0.3, -0.25) is 0 Å². The Bertz CT molecular complexity index is 1990. The predicted molar refractivity (Wildman–Crippen MR) is 180 cm³/mol. The number of aliphatic imine (C=N–C) groups is 2. The van der Waals surface area contributed by atoms with Crippen molar-refractivity contribution in [2.24, 2.45) is 9.98 Å². The van der Waals surface area contributed by atoms with Crippen LogP contribution in [-0.4, -0.2) is 18.5 Å². The topological polar surface area (TPSA) is 43.2 Å². The average molecular weight is 571 g/mol. The lowest BCUT2D eigenvalue weighted by atomic mass is 9.91. The fraction of sp³-hybridized carbons (Fsp3) is 0.0500. The van der Waals surface area contributed by atoms with E-state index in [0.717, 1.165) is 73.4 Å². The van der Waals surface area contributed by atoms with Crippen LogP contribution in [0.15, 0.2) is 156 Å². The summed E-state index contributed by atoms with van der Waals surface area (Å²) in [6.45, 7) is 2.10. The summed E-state index contributed by atoms with van der Waals surface area (Å²) in [5.41, 5.74) is 11.1. The van der Waals surface area contributed by atoms with Crippen molar-refractivity contribution in [3.63, 3.8) is 0 Å². The van der Waals surface area contributed by atoms with E-state index in [2.05, 4.69) is 91.9 Å². The van der Waals surface area contributed by atoms with Crippen LogP contribution >= 0.6 is 0 Å². The highest BCUT2D eigenvalue weighted by atomic mass is 16.5. The van der Waals surface area contributed by atoms with Gasteiger partial charge >= 0.3 is 0 Å². The zero-order chi connectivity index (χ0) is 29.9. The molecule has 0 spiro atoms. The molecule has 0 amide bonds. The molecule has 6 aromatic carbocycles. The number of fused-ring (bicyclic) bond motifs is 2. The lowest BCUT2D eigenvalue weighted by Crippen LogP contribution is -2.14. The Kier molecular flexibility index (Phi) is 7.31. The van der Waals surface area contributed by atoms with Crippen LogP contribution in [-0.2, 0) is 0 Å². The Hall–Kier alpha value is -5.74. The first-order chi connectivity index (χ1) is 21.6. The lowest BCUT2D eigenvalue weighted by Gasteiger charge is -2.19. The quantitative estimate of drug-likeness (QED) is 0.200. The monoisotopic (exact) mass is 570 g/mol. The van der Waals surface area contributed by atoms with Gasteiger partial charge in [0.2, 0.25) is 0 Å². The van der Waals surface area contributed by atoms with Gasteiger partial charge in [-0.05, 0) is 78.7 Å². The number of para-hydroxylation sites is 2. The number of ether oxygens (including phenoxy) is 2. The normalized spacial score (nSPS) is 14.5. The van der Waals surface area contributed by atoms with E-state index in [1.54, 1.807) is 7.11 Å². The summed E-state index contributed by atoms with van der Waals surface area (Å²) in [5, 5.41) is 0. The maximum Gasteiger partial charge on any atom is 0.127 e. The van der Waals surface area contributed by atoms with Gasteiger partial charge < -0.3 is 9.47 Å². The van der Waals surface area contributed by atoms with Gasteiger partial charge in [0.15, 0.2) is 0 Å². The lowest BCUT2D eigenvalue weighted by molar-refractivity contribution is 0.415. The largest absolute Gasteiger partial charge is 0.497 e. The third-order valence-electron chi connectivity index (χ3n) is 7.75. The smallest absolute Gasteiger partial charge is 0.127 e. The third kappa shape index (κ3) is 5.53. The first-order valence-corrected chi connectivity index (χ1v) is 14.6. The standard InChI is InChI=1S/C40H30N2O2/c1-27-11-13-30(14-12-27)39-35-7-3-4-8-36(35)40(42-38-10-6-5-9-37(38)41-39)31-19-25-34(26-20-31)44-33-23-17-29(18-24-33)28-15-21-32(43-2)22-16-28/h3-26H,1-2H3/b39-35?,40-36?,41-37?,41-39-,42-38?,42-40-. The maximum absolute atomic E-state index is 6.22. The van der Waals surface area contributed by atoms with Crippen molar-refractivity contribution in [2.75, 3.05) is 7.11 Å². The summed E-state index contributed by atoms with van der Waals surface area (Å²) in [6, 6.07) is 49.3. The number of rotatable bonds is 6. The molecule has 0 bridgehead atoms. The molecule has 6 aromatic rings. The molecule has 0 saturated heterocycles. The molecule has 0 atom stereocenters. The van der Waals surface area contributed by atoms with E-state index in [4.69, 9.17) is 19.5 Å². The summed E-state index contributed by atoms with van der Waals surface area (Å²) in [7, 11) is 1.67. The van der Waals surface area contributed by atoms with Crippen molar-refractivity contribution < 1.29 is 9.47 Å². The molecule has 0 fully saturated rings. The fourth-order valence-corrected chi connectivity index (χ4v) is 5.38. The molecule has 1 aliphatic heterocycles. The van der Waals surface area contributed by atoms with Crippen LogP contribution in [0.2, 0.25) is 0 Å². The van der Waals surface area contributed by atoms with Crippen LogP contribution in [0.5, 0.6) is 17.2 Å². The van der Waals surface area contributed by atoms with E-state index in [1.807, 2.05) is 60.7 Å². The van der Waals surface area contributed by atoms with Crippen LogP contribution < -0.4 is 9.47 Å². The minimum atomic E-state index is 0.757. The van der Waals surface area contributed by atoms with Gasteiger partial charge in [0.25, 0.3) is 0 Å². The summed E-state index contributed by atoms with van der Waals surface area (Å²) < 4.78 is 11.5. The molecule has 0 saturated carbocycles. The Morgan fingerprint density at radius 3 is 1.25 bits per heavy atom. The van der Waals surface area contributed by atoms with Gasteiger partial charge in [-0.25, -0.2) is 9.98 Å². The van der Waals surface area contributed by atoms with Crippen molar-refractivity contribution >= 4 is 22.8 Å². The van der Waals surface area contributed by atoms with E-state index in [0.29, 0.717) is 0 Å². The first-order valence-electron chi connectivity index (χ1n) is 14.6. The molecule has 0 aliphatic carbocycles. The van der Waals surface area contributed by atoms with Crippen LogP contribution in [0.4, 0.5) is 11.4 Å². The molecule has 4 heteroatoms. The number of hydrogen-bond donors (Lipinski definition) is 0. The number of methoxy groups -OCH3 is 1. The Morgan fingerprint density at radius 2 is 0.795 bits per heavy atom. The Morgan fingerprint density at radius 1 is 0.409 bits per heavy atom. The van der Waals surface area contributed by atoms with Gasteiger partial charge in [0.05, 0.1) is 29.9 Å². The fourth-order valence-electron chi connectivity index (χ4n) is 5.38. The predicted octanol–water partition coefficient (Wildman–Crippen LogP) is 10.1. The molecule has 0 N–H and O–H groups in total. The zero-order valence-electron chi connectivity index (χ0n) is 24.6. The van der Waals surface area contributed by atoms with Crippen molar-refractivity contribution in [3.05, 3.63) is 173 Å². The molecule has 212 valence electrons. The van der Waals surface area contributed by atoms with E-state index in [9.17, 15) is 0 Å². The number of nitrogens with zero attached hydrogens (tertiary/aromatic N) is 2. The summed E-state index contributed by atoms with van der Waals surface area (Å²) in [5.74, 6) is 2.37. The first kappa shape index (κ1) is 27.1. The molecule has 0 aromatic heterocycles. The van der Waals surface area contributed by atoms with E-state index < -0.39 is 0 Å². The van der Waals surface area contributed by atoms with E-state index in [1.165, 1.54) is 5.56 Å². The van der Waals surface area contributed by atoms with Gasteiger partial charge in [-0.2, -0.15) is 0 Å². The summed E-state index contributed by atoms with van der Waals surface area (Å²) in [4.78, 5) is 10.3. The highest BCUT2D eigenvalue weighted by molar-refractivity contribution is 6.25. The number of hydrogen-bond acceptors (Lipinski definition) is 4. The van der Waals surface area contributed by atoms with Crippen LogP contribution in [0.25, 0.3) is 11.1 Å². The Labute approximate surface area is 257 Å². The van der Waals surface area contributed by atoms with Crippen LogP contribution in [0, 0.1) is 6.92 Å². The van der Waals surface area contributed by atoms with Crippen LogP contribution in [0.1, 0.15) is 27.8 Å². The second-order valence-electron chi connectivity index (χ2n) is 10.7. The number of benzene rings is 6. The second kappa shape index (κ2) is 11.9. The van der Waals surface area contributed by atoms with Crippen molar-refractivity contribution in [1.29, 1.82) is 0 Å². The third-order valence-corrected chi connectivity index (χ3v) is 7.75. The Balaban J connectivity index is 1.21. The van der Waals surface area contributed by atoms with Gasteiger partial charge in [-0.1, -0.05) is 90.5 Å². The van der Waals surface area contributed by atoms with Crippen molar-refractivity contribution in [2.45, 2.75) is 6.92 Å². The van der Waals surface area contributed by atoms with E-state index >= 15 is 0 Å². The molecule has 0 unspecified atom stereocenters. The molecule has 4 nitrogen and oxygen atoms in total. The SMILES string of the molecule is COc1ccc(-c2ccc(Oc3ccc(/C4=N/c5ccccc5/N=C(/c5ccc(C)cc5)c5ccccc54)cc3)cc2)cc1. The van der Waals surface area contributed by atoms with Crippen molar-refractivity contribution in [3.8, 4) is 28.4 Å². The molecular weight excluding hydrogens is 540 g/mol. The molecule has 1 heterocycles. The summed E-state index contributed by atoms with van der Waals surface area (Å²) >= 11 is 0.